The minimum Gasteiger partial charge on any atom is -0.399 e. The van der Waals surface area contributed by atoms with E-state index in [9.17, 15) is 19.1 Å². The first kappa shape index (κ1) is 22.4. The van der Waals surface area contributed by atoms with Crippen molar-refractivity contribution in [2.24, 2.45) is 0 Å². The van der Waals surface area contributed by atoms with Crippen molar-refractivity contribution < 1.29 is 24.3 Å². The molecule has 2 aromatic carbocycles. The van der Waals surface area contributed by atoms with Crippen LogP contribution in [-0.4, -0.2) is 40.4 Å². The van der Waals surface area contributed by atoms with Crippen molar-refractivity contribution in [1.29, 1.82) is 0 Å². The first-order valence-electron chi connectivity index (χ1n) is 8.77. The van der Waals surface area contributed by atoms with Crippen LogP contribution in [0.1, 0.15) is 28.4 Å². The van der Waals surface area contributed by atoms with E-state index in [1.165, 1.54) is 17.6 Å². The van der Waals surface area contributed by atoms with Gasteiger partial charge in [-0.1, -0.05) is 11.8 Å². The Balaban J connectivity index is 2.07. The van der Waals surface area contributed by atoms with E-state index in [2.05, 4.69) is 29.0 Å². The number of nitrogen functional groups attached to an aromatic ring is 1. The molecule has 2 amide bonds. The maximum atomic E-state index is 13.0. The van der Waals surface area contributed by atoms with Crippen LogP contribution in [0.4, 0.5) is 10.1 Å². The fourth-order valence-corrected chi connectivity index (χ4v) is 2.34. The van der Waals surface area contributed by atoms with Gasteiger partial charge in [0.25, 0.3) is 11.8 Å². The van der Waals surface area contributed by atoms with Crippen molar-refractivity contribution in [3.05, 3.63) is 65.2 Å². The molecular weight excluding hydrogens is 389 g/mol. The van der Waals surface area contributed by atoms with E-state index in [0.717, 1.165) is 12.5 Å². The molecule has 0 aliphatic carbocycles. The zero-order valence-corrected chi connectivity index (χ0v) is 16.1. The molecule has 2 aromatic rings. The van der Waals surface area contributed by atoms with Crippen molar-refractivity contribution in [2.45, 2.75) is 18.6 Å². The fraction of sp³-hybridized carbons (Fsp3) is 0.182. The molecule has 6 N–H and O–H groups in total. The van der Waals surface area contributed by atoms with Gasteiger partial charge in [0, 0.05) is 22.4 Å². The molecule has 0 aliphatic rings. The molecule has 0 saturated carbocycles. The first-order valence-corrected chi connectivity index (χ1v) is 8.77. The number of nitrogens with two attached hydrogens (primary N) is 1. The van der Waals surface area contributed by atoms with E-state index < -0.39 is 30.1 Å². The summed E-state index contributed by atoms with van der Waals surface area (Å²) in [7, 11) is 0. The number of aliphatic hydroxyl groups is 1. The van der Waals surface area contributed by atoms with Crippen molar-refractivity contribution in [3.63, 3.8) is 0 Å². The molecule has 0 spiro atoms. The topological polar surface area (TPSA) is 125 Å². The van der Waals surface area contributed by atoms with Gasteiger partial charge in [0.2, 0.25) is 0 Å². The number of halogens is 1. The van der Waals surface area contributed by atoms with Gasteiger partial charge in [0.05, 0.1) is 0 Å². The van der Waals surface area contributed by atoms with Gasteiger partial charge in [-0.05, 0) is 67.3 Å². The molecule has 7 nitrogen and oxygen atoms in total. The monoisotopic (exact) mass is 409 g/mol. The number of amides is 2. The summed E-state index contributed by atoms with van der Waals surface area (Å²) in [5, 5.41) is 20.9. The molecule has 154 valence electrons. The van der Waals surface area contributed by atoms with Gasteiger partial charge in [0.1, 0.15) is 18.3 Å². The minimum absolute atomic E-state index is 0.152. The van der Waals surface area contributed by atoms with Gasteiger partial charge in [0.15, 0.2) is 0 Å². The van der Waals surface area contributed by atoms with Crippen LogP contribution in [0.15, 0.2) is 48.5 Å². The molecule has 8 heteroatoms. The normalized spacial score (nSPS) is 12.8. The summed E-state index contributed by atoms with van der Waals surface area (Å²) in [6.45, 7) is -0.283. The fourth-order valence-electron chi connectivity index (χ4n) is 2.34. The number of carbonyl (C=O) groups is 2. The summed E-state index contributed by atoms with van der Waals surface area (Å²) >= 11 is 0. The molecule has 2 rings (SSSR count). The standard InChI is InChI=1S/C22H20FN3O4/c1-22(29,14-23)19(21(28)26-30)25-20(27)17-10-6-15(7-11-17)4-2-3-5-16-8-12-18(24)13-9-16/h6-13,19,29-30H,14,24H2,1H3,(H,25,27)(H,26,28). The van der Waals surface area contributed by atoms with Crippen LogP contribution in [0, 0.1) is 23.7 Å². The number of hydrogen-bond donors (Lipinski definition) is 5. The second-order valence-electron chi connectivity index (χ2n) is 6.57. The zero-order valence-electron chi connectivity index (χ0n) is 16.1. The van der Waals surface area contributed by atoms with Crippen molar-refractivity contribution in [1.82, 2.24) is 10.8 Å². The summed E-state index contributed by atoms with van der Waals surface area (Å²) in [5.74, 6) is 9.23. The number of hydroxylamine groups is 1. The summed E-state index contributed by atoms with van der Waals surface area (Å²) in [5.41, 5.74) is 6.87. The van der Waals surface area contributed by atoms with Gasteiger partial charge in [-0.3, -0.25) is 14.8 Å². The first-order chi connectivity index (χ1) is 14.3. The van der Waals surface area contributed by atoms with Crippen LogP contribution in [0.2, 0.25) is 0 Å². The van der Waals surface area contributed by atoms with Crippen molar-refractivity contribution >= 4 is 17.5 Å². The van der Waals surface area contributed by atoms with Crippen LogP contribution in [0.5, 0.6) is 0 Å². The Hall–Kier alpha value is -3.85. The van der Waals surface area contributed by atoms with Gasteiger partial charge >= 0.3 is 0 Å². The van der Waals surface area contributed by atoms with Gasteiger partial charge < -0.3 is 16.2 Å². The van der Waals surface area contributed by atoms with Crippen LogP contribution in [0.3, 0.4) is 0 Å². The lowest BCUT2D eigenvalue weighted by molar-refractivity contribution is -0.138. The highest BCUT2D eigenvalue weighted by Gasteiger charge is 2.39. The maximum absolute atomic E-state index is 13.0. The van der Waals surface area contributed by atoms with Crippen LogP contribution in [0.25, 0.3) is 0 Å². The van der Waals surface area contributed by atoms with Gasteiger partial charge in [-0.2, -0.15) is 0 Å². The zero-order chi connectivity index (χ0) is 22.1. The second-order valence-corrected chi connectivity index (χ2v) is 6.57. The van der Waals surface area contributed by atoms with E-state index in [1.54, 1.807) is 36.4 Å². The highest BCUT2D eigenvalue weighted by molar-refractivity contribution is 5.97. The summed E-state index contributed by atoms with van der Waals surface area (Å²) in [6.07, 6.45) is 0. The molecular formula is C22H20FN3O4. The molecule has 30 heavy (non-hydrogen) atoms. The van der Waals surface area contributed by atoms with Crippen LogP contribution in [-0.2, 0) is 4.79 Å². The van der Waals surface area contributed by atoms with Gasteiger partial charge in [-0.25, -0.2) is 9.87 Å². The Morgan fingerprint density at radius 2 is 1.57 bits per heavy atom. The van der Waals surface area contributed by atoms with E-state index in [-0.39, 0.29) is 5.56 Å². The SMILES string of the molecule is CC(O)(CF)C(NC(=O)c1ccc(C#CC#Cc2ccc(N)cc2)cc1)C(=O)NO. The number of anilines is 1. The van der Waals surface area contributed by atoms with Crippen LogP contribution >= 0.6 is 0 Å². The average molecular weight is 409 g/mol. The maximum Gasteiger partial charge on any atom is 0.268 e. The number of nitrogens with one attached hydrogen (secondary N) is 2. The third-order valence-electron chi connectivity index (χ3n) is 4.07. The average Bonchev–Trinajstić information content (AvgIpc) is 2.75. The Labute approximate surface area is 173 Å². The Kier molecular flexibility index (Phi) is 7.54. The quantitative estimate of drug-likeness (QED) is 0.218. The van der Waals surface area contributed by atoms with E-state index in [1.807, 2.05) is 0 Å². The van der Waals surface area contributed by atoms with Crippen LogP contribution < -0.4 is 16.5 Å². The minimum atomic E-state index is -2.20. The highest BCUT2D eigenvalue weighted by Crippen LogP contribution is 2.13. The largest absolute Gasteiger partial charge is 0.399 e. The predicted octanol–water partition coefficient (Wildman–Crippen LogP) is 0.996. The van der Waals surface area contributed by atoms with E-state index in [0.29, 0.717) is 11.3 Å². The lowest BCUT2D eigenvalue weighted by Gasteiger charge is -2.29. The Morgan fingerprint density at radius 3 is 2.03 bits per heavy atom. The van der Waals surface area contributed by atoms with Crippen molar-refractivity contribution in [2.75, 3.05) is 12.4 Å². The molecule has 0 aliphatic heterocycles. The predicted molar refractivity (Wildman–Crippen MR) is 109 cm³/mol. The molecule has 0 aromatic heterocycles. The number of alkyl halides is 1. The molecule has 0 radical (unpaired) electrons. The summed E-state index contributed by atoms with van der Waals surface area (Å²) in [4.78, 5) is 24.0. The molecule has 0 fully saturated rings. The molecule has 2 unspecified atom stereocenters. The summed E-state index contributed by atoms with van der Waals surface area (Å²) < 4.78 is 13.0. The third kappa shape index (κ3) is 6.08. The van der Waals surface area contributed by atoms with Gasteiger partial charge in [-0.15, -0.1) is 0 Å². The lowest BCUT2D eigenvalue weighted by atomic mass is 9.97. The highest BCUT2D eigenvalue weighted by atomic mass is 19.1. The van der Waals surface area contributed by atoms with E-state index in [4.69, 9.17) is 10.9 Å². The number of hydrogen-bond acceptors (Lipinski definition) is 5. The third-order valence-corrected chi connectivity index (χ3v) is 4.07. The lowest BCUT2D eigenvalue weighted by Crippen LogP contribution is -2.59. The second kappa shape index (κ2) is 10.1. The smallest absolute Gasteiger partial charge is 0.268 e. The Bertz CT molecular complexity index is 1030. The molecule has 0 saturated heterocycles. The number of benzene rings is 2. The molecule has 2 atom stereocenters. The van der Waals surface area contributed by atoms with E-state index >= 15 is 0 Å². The molecule has 0 heterocycles. The number of rotatable bonds is 5. The molecule has 0 bridgehead atoms. The Morgan fingerprint density at radius 1 is 1.07 bits per heavy atom. The summed E-state index contributed by atoms with van der Waals surface area (Å²) in [6, 6.07) is 11.4. The van der Waals surface area contributed by atoms with Crippen molar-refractivity contribution in [3.8, 4) is 23.7 Å². The number of carbonyl (C=O) groups excluding carboxylic acids is 2.